The lowest BCUT2D eigenvalue weighted by Crippen LogP contribution is -2.14. The topological polar surface area (TPSA) is 98.8 Å². The van der Waals surface area contributed by atoms with Gasteiger partial charge in [-0.15, -0.1) is 0 Å². The average molecular weight is 567 g/mol. The predicted molar refractivity (Wildman–Crippen MR) is 150 cm³/mol. The minimum Gasteiger partial charge on any atom is -0.494 e. The number of aromatic nitrogens is 1. The molecule has 0 fully saturated rings. The number of benzene rings is 2. The first-order valence-electron chi connectivity index (χ1n) is 12.1. The van der Waals surface area contributed by atoms with Gasteiger partial charge >= 0.3 is 6.18 Å². The van der Waals surface area contributed by atoms with Crippen LogP contribution in [-0.2, 0) is 22.3 Å². The molecule has 2 heterocycles. The van der Waals surface area contributed by atoms with Crippen molar-refractivity contribution in [1.29, 1.82) is 0 Å². The normalized spacial score (nSPS) is 12.3. The Morgan fingerprint density at radius 1 is 1.08 bits per heavy atom. The van der Waals surface area contributed by atoms with Gasteiger partial charge in [0.05, 0.1) is 13.7 Å². The van der Waals surface area contributed by atoms with Crippen molar-refractivity contribution in [1.82, 2.24) is 10.3 Å². The van der Waals surface area contributed by atoms with Crippen molar-refractivity contribution in [3.05, 3.63) is 81.7 Å². The van der Waals surface area contributed by atoms with Crippen LogP contribution < -0.4 is 15.8 Å². The van der Waals surface area contributed by atoms with Gasteiger partial charge in [-0.1, -0.05) is 37.6 Å². The summed E-state index contributed by atoms with van der Waals surface area (Å²) in [5, 5.41) is 3.76. The predicted octanol–water partition coefficient (Wildman–Crippen LogP) is 6.52. The second-order valence-electron chi connectivity index (χ2n) is 7.59. The Morgan fingerprint density at radius 2 is 1.72 bits per heavy atom. The molecule has 0 unspecified atom stereocenters. The maximum atomic E-state index is 12.9. The van der Waals surface area contributed by atoms with E-state index in [9.17, 15) is 18.0 Å². The van der Waals surface area contributed by atoms with Crippen molar-refractivity contribution in [3.8, 4) is 5.75 Å². The number of carbonyl (C=O) groups is 1. The molecule has 212 valence electrons. The first kappa shape index (κ1) is 33.4. The third kappa shape index (κ3) is 9.56. The number of carbonyl (C=O) groups excluding carboxylic acids is 1. The van der Waals surface area contributed by atoms with E-state index < -0.39 is 11.9 Å². The SMILES string of the molecule is CC.CN.COc1ccc(C2=NCC(C)=C(C)O2)c2ccc(C(F)(F)F)nc12.O=CNCc1ccc(Cl)cc1. The van der Waals surface area contributed by atoms with Crippen LogP contribution >= 0.6 is 11.6 Å². The number of pyridine rings is 1. The maximum Gasteiger partial charge on any atom is 0.433 e. The Morgan fingerprint density at radius 3 is 2.26 bits per heavy atom. The van der Waals surface area contributed by atoms with Crippen LogP contribution in [0.2, 0.25) is 5.02 Å². The Balaban J connectivity index is 0.000000425. The van der Waals surface area contributed by atoms with Gasteiger partial charge in [0, 0.05) is 22.5 Å². The molecule has 0 aliphatic carbocycles. The van der Waals surface area contributed by atoms with Crippen LogP contribution in [-0.4, -0.2) is 38.0 Å². The minimum absolute atomic E-state index is 0.125. The molecule has 1 aliphatic heterocycles. The number of hydrogen-bond donors (Lipinski definition) is 2. The molecule has 2 aromatic carbocycles. The summed E-state index contributed by atoms with van der Waals surface area (Å²) in [5.41, 5.74) is 6.29. The summed E-state index contributed by atoms with van der Waals surface area (Å²) in [5.74, 6) is 1.37. The van der Waals surface area contributed by atoms with E-state index in [1.165, 1.54) is 20.2 Å². The second kappa shape index (κ2) is 16.4. The minimum atomic E-state index is -4.52. The van der Waals surface area contributed by atoms with E-state index in [4.69, 9.17) is 21.1 Å². The molecule has 0 atom stereocenters. The Labute approximate surface area is 231 Å². The van der Waals surface area contributed by atoms with E-state index in [0.717, 1.165) is 23.0 Å². The van der Waals surface area contributed by atoms with Crippen LogP contribution in [0, 0.1) is 0 Å². The van der Waals surface area contributed by atoms with Gasteiger partial charge < -0.3 is 20.5 Å². The van der Waals surface area contributed by atoms with E-state index in [0.29, 0.717) is 41.4 Å². The maximum absolute atomic E-state index is 12.9. The van der Waals surface area contributed by atoms with Gasteiger partial charge in [0.25, 0.3) is 0 Å². The number of nitrogens with one attached hydrogen (secondary N) is 1. The van der Waals surface area contributed by atoms with Crippen LogP contribution in [0.5, 0.6) is 5.75 Å². The van der Waals surface area contributed by atoms with E-state index in [1.807, 2.05) is 39.8 Å². The number of alkyl halides is 3. The molecule has 0 bridgehead atoms. The molecule has 3 aromatic rings. The van der Waals surface area contributed by atoms with E-state index >= 15 is 0 Å². The summed E-state index contributed by atoms with van der Waals surface area (Å²) in [6.45, 7) is 8.79. The number of nitrogens with zero attached hydrogens (tertiary/aromatic N) is 2. The number of rotatable bonds is 5. The Kier molecular flexibility index (Phi) is 14.0. The summed E-state index contributed by atoms with van der Waals surface area (Å²) in [6, 6.07) is 12.9. The fourth-order valence-corrected chi connectivity index (χ4v) is 3.30. The molecular weight excluding hydrogens is 533 g/mol. The summed E-state index contributed by atoms with van der Waals surface area (Å²) < 4.78 is 49.7. The molecule has 1 aliphatic rings. The molecular formula is C28H34ClF3N4O3. The van der Waals surface area contributed by atoms with Gasteiger partial charge in [0.1, 0.15) is 22.7 Å². The molecule has 39 heavy (non-hydrogen) atoms. The molecule has 7 nitrogen and oxygen atoms in total. The zero-order valence-corrected chi connectivity index (χ0v) is 23.6. The van der Waals surface area contributed by atoms with E-state index in [-0.39, 0.29) is 11.3 Å². The van der Waals surface area contributed by atoms with Crippen molar-refractivity contribution in [3.63, 3.8) is 0 Å². The molecule has 4 rings (SSSR count). The van der Waals surface area contributed by atoms with E-state index in [2.05, 4.69) is 21.0 Å². The number of hydrogen-bond acceptors (Lipinski definition) is 6. The quantitative estimate of drug-likeness (QED) is 0.343. The highest BCUT2D eigenvalue weighted by Gasteiger charge is 2.33. The number of ether oxygens (including phenoxy) is 2. The third-order valence-electron chi connectivity index (χ3n) is 5.17. The van der Waals surface area contributed by atoms with Crippen molar-refractivity contribution in [2.75, 3.05) is 20.7 Å². The number of methoxy groups -OCH3 is 1. The van der Waals surface area contributed by atoms with Gasteiger partial charge in [0.15, 0.2) is 0 Å². The van der Waals surface area contributed by atoms with Crippen LogP contribution in [0.15, 0.2) is 64.9 Å². The van der Waals surface area contributed by atoms with Gasteiger partial charge in [0.2, 0.25) is 12.3 Å². The van der Waals surface area contributed by atoms with Gasteiger partial charge in [-0.2, -0.15) is 13.2 Å². The summed E-state index contributed by atoms with van der Waals surface area (Å²) >= 11 is 5.66. The Hall–Kier alpha value is -3.63. The van der Waals surface area contributed by atoms with Crippen LogP contribution in [0.1, 0.15) is 44.5 Å². The average Bonchev–Trinajstić information content (AvgIpc) is 2.95. The molecule has 0 radical (unpaired) electrons. The number of allylic oxidation sites excluding steroid dienone is 1. The van der Waals surface area contributed by atoms with E-state index in [1.54, 1.807) is 24.3 Å². The molecule has 11 heteroatoms. The van der Waals surface area contributed by atoms with Crippen molar-refractivity contribution >= 4 is 34.8 Å². The van der Waals surface area contributed by atoms with Crippen molar-refractivity contribution in [2.45, 2.75) is 40.4 Å². The van der Waals surface area contributed by atoms with Gasteiger partial charge in [-0.3, -0.25) is 4.79 Å². The number of aliphatic imine (C=N–C) groups is 1. The monoisotopic (exact) mass is 566 g/mol. The first-order valence-corrected chi connectivity index (χ1v) is 12.4. The Bertz CT molecular complexity index is 1280. The lowest BCUT2D eigenvalue weighted by molar-refractivity contribution is -0.141. The first-order chi connectivity index (χ1) is 18.6. The lowest BCUT2D eigenvalue weighted by atomic mass is 10.1. The number of amides is 1. The zero-order valence-electron chi connectivity index (χ0n) is 22.8. The van der Waals surface area contributed by atoms with Crippen LogP contribution in [0.3, 0.4) is 0 Å². The van der Waals surface area contributed by atoms with Crippen LogP contribution in [0.4, 0.5) is 13.2 Å². The highest BCUT2D eigenvalue weighted by Crippen LogP contribution is 2.34. The van der Waals surface area contributed by atoms with Gasteiger partial charge in [-0.25, -0.2) is 9.98 Å². The smallest absolute Gasteiger partial charge is 0.433 e. The number of nitrogens with two attached hydrogens (primary N) is 1. The fourth-order valence-electron chi connectivity index (χ4n) is 3.17. The number of fused-ring (bicyclic) bond motifs is 1. The molecule has 0 saturated carbocycles. The standard InChI is InChI=1S/C17H15F3N2O2.C8H8ClNO.C2H6.CH5N/c1-9-8-21-16(24-10(9)2)12-4-6-13(23-3)15-11(12)5-7-14(22-15)17(18,19)20;9-8-3-1-7(2-4-8)5-10-6-11;2*1-2/h4-7H,8H2,1-3H3;1-4,6H,5H2,(H,10,11);1-2H3;2H2,1H3. The fraction of sp³-hybridized carbons (Fsp3) is 0.321. The third-order valence-corrected chi connectivity index (χ3v) is 5.43. The molecule has 0 spiro atoms. The molecule has 0 saturated heterocycles. The molecule has 1 amide bonds. The molecule has 3 N–H and O–H groups in total. The van der Waals surface area contributed by atoms with Crippen LogP contribution in [0.25, 0.3) is 10.9 Å². The largest absolute Gasteiger partial charge is 0.494 e. The lowest BCUT2D eigenvalue weighted by Gasteiger charge is -2.18. The molecule has 1 aromatic heterocycles. The summed E-state index contributed by atoms with van der Waals surface area (Å²) in [4.78, 5) is 18.0. The highest BCUT2D eigenvalue weighted by atomic mass is 35.5. The van der Waals surface area contributed by atoms with Crippen molar-refractivity contribution in [2.24, 2.45) is 10.7 Å². The summed E-state index contributed by atoms with van der Waals surface area (Å²) in [7, 11) is 2.89. The second-order valence-corrected chi connectivity index (χ2v) is 8.03. The van der Waals surface area contributed by atoms with Gasteiger partial charge in [-0.05, 0) is 68.4 Å². The highest BCUT2D eigenvalue weighted by molar-refractivity contribution is 6.30. The number of halogens is 4. The zero-order chi connectivity index (χ0) is 29.6. The summed E-state index contributed by atoms with van der Waals surface area (Å²) in [6.07, 6.45) is -3.85. The van der Waals surface area contributed by atoms with Crippen molar-refractivity contribution < 1.29 is 27.4 Å².